The lowest BCUT2D eigenvalue weighted by Gasteiger charge is -2.27. The van der Waals surface area contributed by atoms with Gasteiger partial charge in [0.05, 0.1) is 5.56 Å². The van der Waals surface area contributed by atoms with Crippen LogP contribution in [0.4, 0.5) is 5.69 Å². The number of nitrogens with one attached hydrogen (secondary N) is 1. The molecule has 1 saturated carbocycles. The van der Waals surface area contributed by atoms with Gasteiger partial charge >= 0.3 is 0 Å². The number of hydrogen-bond acceptors (Lipinski definition) is 2. The second kappa shape index (κ2) is 5.76. The maximum atomic E-state index is 12.5. The number of carbonyl (C=O) groups excluding carboxylic acids is 1. The zero-order valence-corrected chi connectivity index (χ0v) is 12.4. The Bertz CT molecular complexity index is 665. The quantitative estimate of drug-likeness (QED) is 0.825. The Morgan fingerprint density at radius 1 is 1.19 bits per heavy atom. The van der Waals surface area contributed by atoms with Gasteiger partial charge in [-0.3, -0.25) is 4.79 Å². The first kappa shape index (κ1) is 13.9. The van der Waals surface area contributed by atoms with Crippen molar-refractivity contribution in [3.05, 3.63) is 42.0 Å². The van der Waals surface area contributed by atoms with Gasteiger partial charge in [-0.2, -0.15) is 0 Å². The maximum Gasteiger partial charge on any atom is 0.253 e. The lowest BCUT2D eigenvalue weighted by Crippen LogP contribution is -2.38. The Hall–Kier alpha value is -2.03. The van der Waals surface area contributed by atoms with E-state index in [0.717, 1.165) is 23.6 Å². The molecule has 0 saturated heterocycles. The molecular weight excluding hydrogens is 260 g/mol. The summed E-state index contributed by atoms with van der Waals surface area (Å²) < 4.78 is 0. The Balaban J connectivity index is 1.82. The average Bonchev–Trinajstić information content (AvgIpc) is 2.46. The maximum absolute atomic E-state index is 12.5. The van der Waals surface area contributed by atoms with Crippen LogP contribution in [0.2, 0.25) is 0 Å². The third kappa shape index (κ3) is 3.02. The molecule has 2 unspecified atom stereocenters. The van der Waals surface area contributed by atoms with Crippen LogP contribution in [0.25, 0.3) is 10.8 Å². The summed E-state index contributed by atoms with van der Waals surface area (Å²) in [6, 6.07) is 12.0. The zero-order chi connectivity index (χ0) is 14.8. The minimum absolute atomic E-state index is 0.0441. The molecule has 2 aromatic carbocycles. The van der Waals surface area contributed by atoms with Crippen molar-refractivity contribution >= 4 is 22.4 Å². The van der Waals surface area contributed by atoms with E-state index in [1.54, 1.807) is 0 Å². The predicted octanol–water partition coefficient (Wildman–Crippen LogP) is 3.73. The van der Waals surface area contributed by atoms with Gasteiger partial charge in [0.25, 0.3) is 5.91 Å². The molecule has 1 aliphatic rings. The van der Waals surface area contributed by atoms with E-state index in [0.29, 0.717) is 17.2 Å². The smallest absolute Gasteiger partial charge is 0.253 e. The van der Waals surface area contributed by atoms with Crippen molar-refractivity contribution in [2.75, 3.05) is 5.73 Å². The first-order valence-corrected chi connectivity index (χ1v) is 7.72. The molecular formula is C18H22N2O. The number of hydrogen-bond donors (Lipinski definition) is 2. The van der Waals surface area contributed by atoms with Crippen molar-refractivity contribution in [1.82, 2.24) is 5.32 Å². The lowest BCUT2D eigenvalue weighted by molar-refractivity contribution is 0.0922. The Kier molecular flexibility index (Phi) is 3.82. The third-order valence-electron chi connectivity index (χ3n) is 4.43. The predicted molar refractivity (Wildman–Crippen MR) is 87.2 cm³/mol. The fourth-order valence-electron chi connectivity index (χ4n) is 3.28. The Labute approximate surface area is 125 Å². The SMILES string of the molecule is CC1CCCC(NC(=O)c2cc3ccccc3cc2N)C1. The van der Waals surface area contributed by atoms with Crippen LogP contribution in [0, 0.1) is 5.92 Å². The number of amides is 1. The summed E-state index contributed by atoms with van der Waals surface area (Å²) in [5.74, 6) is 0.648. The molecule has 0 aliphatic heterocycles. The van der Waals surface area contributed by atoms with Crippen LogP contribution < -0.4 is 11.1 Å². The number of anilines is 1. The van der Waals surface area contributed by atoms with E-state index in [4.69, 9.17) is 5.73 Å². The zero-order valence-electron chi connectivity index (χ0n) is 12.4. The summed E-state index contributed by atoms with van der Waals surface area (Å²) >= 11 is 0. The summed E-state index contributed by atoms with van der Waals surface area (Å²) in [5.41, 5.74) is 7.20. The van der Waals surface area contributed by atoms with Crippen LogP contribution in [-0.2, 0) is 0 Å². The molecule has 0 spiro atoms. The molecule has 21 heavy (non-hydrogen) atoms. The van der Waals surface area contributed by atoms with E-state index in [2.05, 4.69) is 12.2 Å². The van der Waals surface area contributed by atoms with Gasteiger partial charge < -0.3 is 11.1 Å². The molecule has 1 aliphatic carbocycles. The molecule has 3 nitrogen and oxygen atoms in total. The highest BCUT2D eigenvalue weighted by atomic mass is 16.1. The van der Waals surface area contributed by atoms with E-state index >= 15 is 0 Å². The van der Waals surface area contributed by atoms with Crippen molar-refractivity contribution in [1.29, 1.82) is 0 Å². The fraction of sp³-hybridized carbons (Fsp3) is 0.389. The second-order valence-electron chi connectivity index (χ2n) is 6.23. The minimum Gasteiger partial charge on any atom is -0.398 e. The fourth-order valence-corrected chi connectivity index (χ4v) is 3.28. The number of fused-ring (bicyclic) bond motifs is 1. The standard InChI is InChI=1S/C18H22N2O/c1-12-5-4-8-15(9-12)20-18(21)16-10-13-6-2-3-7-14(13)11-17(16)19/h2-3,6-7,10-12,15H,4-5,8-9,19H2,1H3,(H,20,21). The van der Waals surface area contributed by atoms with Crippen molar-refractivity contribution in [3.8, 4) is 0 Å². The molecule has 110 valence electrons. The van der Waals surface area contributed by atoms with Crippen molar-refractivity contribution in [2.45, 2.75) is 38.6 Å². The topological polar surface area (TPSA) is 55.1 Å². The summed E-state index contributed by atoms with van der Waals surface area (Å²) in [6.07, 6.45) is 4.60. The molecule has 1 fully saturated rings. The Morgan fingerprint density at radius 2 is 1.90 bits per heavy atom. The largest absolute Gasteiger partial charge is 0.398 e. The molecule has 3 N–H and O–H groups in total. The molecule has 3 heteroatoms. The normalized spacial score (nSPS) is 22.1. The van der Waals surface area contributed by atoms with E-state index < -0.39 is 0 Å². The molecule has 0 radical (unpaired) electrons. The van der Waals surface area contributed by atoms with E-state index in [1.165, 1.54) is 12.8 Å². The Morgan fingerprint density at radius 3 is 2.62 bits per heavy atom. The van der Waals surface area contributed by atoms with Crippen LogP contribution in [0.3, 0.4) is 0 Å². The van der Waals surface area contributed by atoms with Gasteiger partial charge in [0.15, 0.2) is 0 Å². The van der Waals surface area contributed by atoms with Gasteiger partial charge in [0, 0.05) is 11.7 Å². The molecule has 0 bridgehead atoms. The monoisotopic (exact) mass is 282 g/mol. The van der Waals surface area contributed by atoms with Gasteiger partial charge in [-0.1, -0.05) is 44.0 Å². The summed E-state index contributed by atoms with van der Waals surface area (Å²) in [4.78, 5) is 12.5. The van der Waals surface area contributed by atoms with Crippen molar-refractivity contribution in [2.24, 2.45) is 5.92 Å². The van der Waals surface area contributed by atoms with E-state index in [-0.39, 0.29) is 11.9 Å². The third-order valence-corrected chi connectivity index (χ3v) is 4.43. The first-order chi connectivity index (χ1) is 10.1. The van der Waals surface area contributed by atoms with Crippen LogP contribution in [-0.4, -0.2) is 11.9 Å². The first-order valence-electron chi connectivity index (χ1n) is 7.72. The molecule has 3 rings (SSSR count). The molecule has 0 aromatic heterocycles. The van der Waals surface area contributed by atoms with Gasteiger partial charge in [0.2, 0.25) is 0 Å². The summed E-state index contributed by atoms with van der Waals surface area (Å²) in [5, 5.41) is 5.27. The number of nitrogen functional groups attached to an aromatic ring is 1. The summed E-state index contributed by atoms with van der Waals surface area (Å²) in [7, 11) is 0. The molecule has 0 heterocycles. The van der Waals surface area contributed by atoms with Crippen LogP contribution >= 0.6 is 0 Å². The highest BCUT2D eigenvalue weighted by molar-refractivity contribution is 6.04. The lowest BCUT2D eigenvalue weighted by atomic mass is 9.87. The molecule has 2 atom stereocenters. The summed E-state index contributed by atoms with van der Waals surface area (Å²) in [6.45, 7) is 2.25. The highest BCUT2D eigenvalue weighted by Crippen LogP contribution is 2.25. The second-order valence-corrected chi connectivity index (χ2v) is 6.23. The van der Waals surface area contributed by atoms with Crippen LogP contribution in [0.1, 0.15) is 43.0 Å². The van der Waals surface area contributed by atoms with E-state index in [1.807, 2.05) is 36.4 Å². The minimum atomic E-state index is -0.0441. The molecule has 2 aromatic rings. The number of benzene rings is 2. The van der Waals surface area contributed by atoms with Crippen molar-refractivity contribution in [3.63, 3.8) is 0 Å². The van der Waals surface area contributed by atoms with Crippen molar-refractivity contribution < 1.29 is 4.79 Å². The molecule has 1 amide bonds. The number of nitrogens with two attached hydrogens (primary N) is 1. The van der Waals surface area contributed by atoms with E-state index in [9.17, 15) is 4.79 Å². The van der Waals surface area contributed by atoms with Gasteiger partial charge in [-0.15, -0.1) is 0 Å². The van der Waals surface area contributed by atoms with Gasteiger partial charge in [-0.25, -0.2) is 0 Å². The number of rotatable bonds is 2. The number of carbonyl (C=O) groups is 1. The average molecular weight is 282 g/mol. The van der Waals surface area contributed by atoms with Crippen LogP contribution in [0.15, 0.2) is 36.4 Å². The van der Waals surface area contributed by atoms with Gasteiger partial charge in [-0.05, 0) is 41.7 Å². The van der Waals surface area contributed by atoms with Crippen LogP contribution in [0.5, 0.6) is 0 Å². The van der Waals surface area contributed by atoms with Gasteiger partial charge in [0.1, 0.15) is 0 Å². The highest BCUT2D eigenvalue weighted by Gasteiger charge is 2.21.